The lowest BCUT2D eigenvalue weighted by atomic mass is 9.72. The molecule has 4 amide bonds. The van der Waals surface area contributed by atoms with E-state index < -0.39 is 11.5 Å². The third-order valence-electron chi connectivity index (χ3n) is 6.94. The van der Waals surface area contributed by atoms with E-state index in [-0.39, 0.29) is 24.4 Å². The highest BCUT2D eigenvalue weighted by atomic mass is 16.5. The molecule has 2 atom stereocenters. The molecule has 8 heteroatoms. The molecule has 0 radical (unpaired) electrons. The number of benzene rings is 2. The van der Waals surface area contributed by atoms with Crippen molar-refractivity contribution in [1.82, 2.24) is 14.7 Å². The van der Waals surface area contributed by atoms with Crippen LogP contribution in [0.2, 0.25) is 0 Å². The minimum atomic E-state index is -0.884. The van der Waals surface area contributed by atoms with Crippen LogP contribution in [0.4, 0.5) is 10.5 Å². The van der Waals surface area contributed by atoms with E-state index in [1.807, 2.05) is 48.5 Å². The highest BCUT2D eigenvalue weighted by Gasteiger charge is 2.59. The molecule has 2 saturated heterocycles. The van der Waals surface area contributed by atoms with Crippen LogP contribution in [-0.4, -0.2) is 72.9 Å². The van der Waals surface area contributed by atoms with Gasteiger partial charge in [0.2, 0.25) is 11.8 Å². The lowest BCUT2D eigenvalue weighted by Crippen LogP contribution is -2.46. The molecule has 0 aromatic heterocycles. The number of hydrogen-bond acceptors (Lipinski definition) is 4. The van der Waals surface area contributed by atoms with Crippen molar-refractivity contribution in [1.29, 1.82) is 0 Å². The number of likely N-dealkylation sites (tertiary alicyclic amines) is 1. The quantitative estimate of drug-likeness (QED) is 0.800. The van der Waals surface area contributed by atoms with Gasteiger partial charge in [-0.1, -0.05) is 30.3 Å². The Morgan fingerprint density at radius 2 is 1.94 bits per heavy atom. The van der Waals surface area contributed by atoms with Crippen LogP contribution in [0.3, 0.4) is 0 Å². The van der Waals surface area contributed by atoms with Crippen LogP contribution in [0, 0.1) is 0 Å². The Balaban J connectivity index is 1.57. The van der Waals surface area contributed by atoms with Crippen molar-refractivity contribution in [3.05, 3.63) is 59.7 Å². The smallest absolute Gasteiger partial charge is 0.320 e. The van der Waals surface area contributed by atoms with Gasteiger partial charge in [0.15, 0.2) is 0 Å². The highest BCUT2D eigenvalue weighted by molar-refractivity contribution is 6.07. The van der Waals surface area contributed by atoms with E-state index in [0.29, 0.717) is 31.8 Å². The van der Waals surface area contributed by atoms with Gasteiger partial charge in [0.1, 0.15) is 17.7 Å². The predicted molar refractivity (Wildman–Crippen MR) is 118 cm³/mol. The van der Waals surface area contributed by atoms with Crippen molar-refractivity contribution in [2.45, 2.75) is 17.9 Å². The van der Waals surface area contributed by atoms with Gasteiger partial charge in [-0.2, -0.15) is 0 Å². The number of urea groups is 1. The number of anilines is 1. The molecular formula is C24H26N4O4. The van der Waals surface area contributed by atoms with Crippen molar-refractivity contribution < 1.29 is 19.1 Å². The number of amides is 4. The third kappa shape index (κ3) is 2.93. The van der Waals surface area contributed by atoms with Gasteiger partial charge in [0.25, 0.3) is 0 Å². The Morgan fingerprint density at radius 1 is 1.12 bits per heavy atom. The first-order valence-electron chi connectivity index (χ1n) is 10.8. The van der Waals surface area contributed by atoms with Crippen LogP contribution in [0.5, 0.6) is 5.75 Å². The molecule has 1 N–H and O–H groups in total. The summed E-state index contributed by atoms with van der Waals surface area (Å²) < 4.78 is 5.43. The summed E-state index contributed by atoms with van der Waals surface area (Å²) in [5.41, 5.74) is 1.65. The second-order valence-corrected chi connectivity index (χ2v) is 8.61. The molecule has 0 bridgehead atoms. The van der Waals surface area contributed by atoms with Gasteiger partial charge in [-0.25, -0.2) is 4.79 Å². The molecule has 0 unspecified atom stereocenters. The number of carbonyl (C=O) groups excluding carboxylic acids is 3. The van der Waals surface area contributed by atoms with Crippen LogP contribution in [-0.2, 0) is 15.0 Å². The Kier molecular flexibility index (Phi) is 4.80. The Labute approximate surface area is 186 Å². The molecule has 5 rings (SSSR count). The number of nitrogens with zero attached hydrogens (tertiary/aromatic N) is 3. The second kappa shape index (κ2) is 7.55. The van der Waals surface area contributed by atoms with Crippen LogP contribution in [0.1, 0.15) is 23.6 Å². The first-order valence-corrected chi connectivity index (χ1v) is 10.8. The van der Waals surface area contributed by atoms with Crippen molar-refractivity contribution in [2.75, 3.05) is 45.7 Å². The maximum Gasteiger partial charge on any atom is 0.320 e. The maximum absolute atomic E-state index is 13.5. The summed E-state index contributed by atoms with van der Waals surface area (Å²) in [5, 5.41) is 3.02. The molecule has 3 aliphatic rings. The average Bonchev–Trinajstić information content (AvgIpc) is 3.45. The Morgan fingerprint density at radius 3 is 2.69 bits per heavy atom. The Bertz CT molecular complexity index is 1100. The van der Waals surface area contributed by atoms with E-state index in [1.54, 1.807) is 28.9 Å². The van der Waals surface area contributed by atoms with E-state index in [2.05, 4.69) is 5.32 Å². The van der Waals surface area contributed by atoms with E-state index in [9.17, 15) is 14.4 Å². The number of para-hydroxylation sites is 1. The first kappa shape index (κ1) is 20.4. The van der Waals surface area contributed by atoms with Crippen LogP contribution in [0.15, 0.2) is 48.5 Å². The maximum atomic E-state index is 13.5. The molecule has 3 aliphatic heterocycles. The van der Waals surface area contributed by atoms with Crippen molar-refractivity contribution in [3.8, 4) is 5.75 Å². The van der Waals surface area contributed by atoms with Gasteiger partial charge < -0.3 is 24.8 Å². The topological polar surface area (TPSA) is 82.2 Å². The summed E-state index contributed by atoms with van der Waals surface area (Å²) in [7, 11) is 3.33. The van der Waals surface area contributed by atoms with E-state index in [1.165, 1.54) is 0 Å². The van der Waals surface area contributed by atoms with Gasteiger partial charge in [0.05, 0.1) is 13.2 Å². The van der Waals surface area contributed by atoms with Gasteiger partial charge in [-0.15, -0.1) is 0 Å². The number of likely N-dealkylation sites (N-methyl/N-ethyl adjacent to an activating group) is 1. The third-order valence-corrected chi connectivity index (χ3v) is 6.94. The number of methoxy groups -OCH3 is 1. The fourth-order valence-corrected chi connectivity index (χ4v) is 5.33. The molecule has 2 aromatic rings. The average molecular weight is 434 g/mol. The summed E-state index contributed by atoms with van der Waals surface area (Å²) in [6.07, 6.45) is 0.511. The van der Waals surface area contributed by atoms with Crippen molar-refractivity contribution in [3.63, 3.8) is 0 Å². The molecule has 8 nitrogen and oxygen atoms in total. The fraction of sp³-hybridized carbons (Fsp3) is 0.375. The summed E-state index contributed by atoms with van der Waals surface area (Å²) >= 11 is 0. The number of carbonyl (C=O) groups is 3. The van der Waals surface area contributed by atoms with Crippen LogP contribution in [0.25, 0.3) is 0 Å². The fourth-order valence-electron chi connectivity index (χ4n) is 5.33. The zero-order valence-electron chi connectivity index (χ0n) is 18.2. The lowest BCUT2D eigenvalue weighted by Gasteiger charge is -2.35. The standard InChI is InChI=1S/C24H26N4O4/c1-26-12-13-27(23(26)31)15-20(29)28-11-10-24(18-8-3-4-9-19(18)25-22(24)30)21(28)16-6-5-7-17(14-16)32-2/h3-9,14,21H,10-13,15H2,1-2H3,(H,25,30)/t21-,24+/m0/s1. The molecule has 2 fully saturated rings. The Hall–Kier alpha value is -3.55. The number of ether oxygens (including phenoxy) is 1. The van der Waals surface area contributed by atoms with Gasteiger partial charge in [-0.05, 0) is 35.7 Å². The van der Waals surface area contributed by atoms with Crippen LogP contribution < -0.4 is 10.1 Å². The molecule has 0 saturated carbocycles. The SMILES string of the molecule is COc1cccc([C@@H]2N(C(=O)CN3CCN(C)C3=O)CC[C@]23C(=O)Nc2ccccc23)c1. The number of hydrogen-bond donors (Lipinski definition) is 1. The number of rotatable bonds is 4. The second-order valence-electron chi connectivity index (χ2n) is 8.61. The summed E-state index contributed by atoms with van der Waals surface area (Å²) in [5.74, 6) is 0.411. The van der Waals surface area contributed by atoms with Crippen LogP contribution >= 0.6 is 0 Å². The predicted octanol–water partition coefficient (Wildman–Crippen LogP) is 2.23. The normalized spacial score (nSPS) is 24.3. The molecule has 166 valence electrons. The molecule has 2 aromatic carbocycles. The zero-order valence-corrected chi connectivity index (χ0v) is 18.2. The summed E-state index contributed by atoms with van der Waals surface area (Å²) in [6.45, 7) is 1.56. The largest absolute Gasteiger partial charge is 0.497 e. The van der Waals surface area contributed by atoms with Gasteiger partial charge in [-0.3, -0.25) is 9.59 Å². The number of nitrogens with one attached hydrogen (secondary N) is 1. The molecule has 3 heterocycles. The molecule has 32 heavy (non-hydrogen) atoms. The summed E-state index contributed by atoms with van der Waals surface area (Å²) in [6, 6.07) is 14.6. The monoisotopic (exact) mass is 434 g/mol. The van der Waals surface area contributed by atoms with E-state index in [0.717, 1.165) is 16.8 Å². The van der Waals surface area contributed by atoms with Crippen molar-refractivity contribution >= 4 is 23.5 Å². The number of fused-ring (bicyclic) bond motifs is 2. The van der Waals surface area contributed by atoms with E-state index in [4.69, 9.17) is 4.74 Å². The molecular weight excluding hydrogens is 408 g/mol. The first-order chi connectivity index (χ1) is 15.5. The highest BCUT2D eigenvalue weighted by Crippen LogP contribution is 2.54. The van der Waals surface area contributed by atoms with Gasteiger partial charge in [0, 0.05) is 32.4 Å². The zero-order chi connectivity index (χ0) is 22.5. The van der Waals surface area contributed by atoms with Gasteiger partial charge >= 0.3 is 6.03 Å². The minimum absolute atomic E-state index is 0.00296. The van der Waals surface area contributed by atoms with Crippen molar-refractivity contribution in [2.24, 2.45) is 0 Å². The van der Waals surface area contributed by atoms with E-state index >= 15 is 0 Å². The minimum Gasteiger partial charge on any atom is -0.497 e. The molecule has 1 spiro atoms. The summed E-state index contributed by atoms with van der Waals surface area (Å²) in [4.78, 5) is 44.3. The molecule has 0 aliphatic carbocycles. The lowest BCUT2D eigenvalue weighted by molar-refractivity contribution is -0.134.